The van der Waals surface area contributed by atoms with Crippen LogP contribution in [0.25, 0.3) is 0 Å². The summed E-state index contributed by atoms with van der Waals surface area (Å²) in [7, 11) is 0. The molecule has 0 saturated heterocycles. The summed E-state index contributed by atoms with van der Waals surface area (Å²) in [6.07, 6.45) is 2.60. The van der Waals surface area contributed by atoms with Crippen molar-refractivity contribution >= 4 is 5.91 Å². The Morgan fingerprint density at radius 3 is 2.80 bits per heavy atom. The summed E-state index contributed by atoms with van der Waals surface area (Å²) >= 11 is 0. The zero-order valence-corrected chi connectivity index (χ0v) is 9.53. The van der Waals surface area contributed by atoms with Crippen LogP contribution in [0.1, 0.15) is 33.1 Å². The Morgan fingerprint density at radius 1 is 1.53 bits per heavy atom. The molecule has 2 N–H and O–H groups in total. The highest BCUT2D eigenvalue weighted by Crippen LogP contribution is 2.24. The minimum Gasteiger partial charge on any atom is -0.393 e. The lowest BCUT2D eigenvalue weighted by atomic mass is 10.1. The fourth-order valence-corrected chi connectivity index (χ4v) is 1.79. The third-order valence-electron chi connectivity index (χ3n) is 2.65. The van der Waals surface area contributed by atoms with Gasteiger partial charge in [0.05, 0.1) is 12.2 Å². The molecule has 1 aliphatic carbocycles. The van der Waals surface area contributed by atoms with E-state index in [4.69, 9.17) is 4.74 Å². The van der Waals surface area contributed by atoms with E-state index < -0.39 is 0 Å². The highest BCUT2D eigenvalue weighted by Gasteiger charge is 2.22. The average molecular weight is 215 g/mol. The summed E-state index contributed by atoms with van der Waals surface area (Å²) < 4.78 is 5.18. The molecule has 4 nitrogen and oxygen atoms in total. The van der Waals surface area contributed by atoms with Crippen molar-refractivity contribution in [3.05, 3.63) is 0 Å². The smallest absolute Gasteiger partial charge is 0.246 e. The van der Waals surface area contributed by atoms with Gasteiger partial charge in [-0.15, -0.1) is 0 Å². The van der Waals surface area contributed by atoms with Gasteiger partial charge in [-0.25, -0.2) is 0 Å². The van der Waals surface area contributed by atoms with Gasteiger partial charge in [0, 0.05) is 6.54 Å². The fraction of sp³-hybridized carbons (Fsp3) is 0.909. The van der Waals surface area contributed by atoms with Crippen molar-refractivity contribution in [3.8, 4) is 0 Å². The van der Waals surface area contributed by atoms with Gasteiger partial charge >= 0.3 is 0 Å². The lowest BCUT2D eigenvalue weighted by Crippen LogP contribution is -2.32. The Morgan fingerprint density at radius 2 is 2.27 bits per heavy atom. The first kappa shape index (κ1) is 12.5. The first-order chi connectivity index (χ1) is 7.08. The maximum Gasteiger partial charge on any atom is 0.246 e. The van der Waals surface area contributed by atoms with Crippen LogP contribution in [0.2, 0.25) is 0 Å². The molecule has 0 aromatic carbocycles. The van der Waals surface area contributed by atoms with Gasteiger partial charge in [-0.3, -0.25) is 4.79 Å². The molecular formula is C11H21NO3. The van der Waals surface area contributed by atoms with Gasteiger partial charge in [0.2, 0.25) is 5.91 Å². The van der Waals surface area contributed by atoms with Gasteiger partial charge in [0.1, 0.15) is 6.61 Å². The number of hydrogen-bond acceptors (Lipinski definition) is 3. The van der Waals surface area contributed by atoms with Crippen LogP contribution in [0.5, 0.6) is 0 Å². The maximum atomic E-state index is 11.3. The van der Waals surface area contributed by atoms with E-state index in [0.717, 1.165) is 19.3 Å². The molecule has 2 atom stereocenters. The third-order valence-corrected chi connectivity index (χ3v) is 2.65. The number of ether oxygens (including phenoxy) is 1. The predicted molar refractivity (Wildman–Crippen MR) is 57.4 cm³/mol. The summed E-state index contributed by atoms with van der Waals surface area (Å²) in [5.41, 5.74) is 0. The van der Waals surface area contributed by atoms with Gasteiger partial charge in [-0.1, -0.05) is 0 Å². The molecule has 0 bridgehead atoms. The van der Waals surface area contributed by atoms with Crippen LogP contribution in [0.3, 0.4) is 0 Å². The quantitative estimate of drug-likeness (QED) is 0.709. The molecule has 0 radical (unpaired) electrons. The molecule has 0 aromatic rings. The van der Waals surface area contributed by atoms with Crippen molar-refractivity contribution in [2.24, 2.45) is 5.92 Å². The van der Waals surface area contributed by atoms with E-state index in [2.05, 4.69) is 5.32 Å². The Labute approximate surface area is 91.0 Å². The number of aliphatic hydroxyl groups excluding tert-OH is 1. The maximum absolute atomic E-state index is 11.3. The van der Waals surface area contributed by atoms with Crippen molar-refractivity contribution in [2.45, 2.75) is 45.3 Å². The van der Waals surface area contributed by atoms with E-state index in [1.807, 2.05) is 13.8 Å². The average Bonchev–Trinajstić information content (AvgIpc) is 2.58. The summed E-state index contributed by atoms with van der Waals surface area (Å²) in [5.74, 6) is 0.369. The van der Waals surface area contributed by atoms with Crippen molar-refractivity contribution in [1.29, 1.82) is 0 Å². The Bertz CT molecular complexity index is 206. The number of rotatable bonds is 5. The summed E-state index contributed by atoms with van der Waals surface area (Å²) in [5, 5.41) is 12.1. The second kappa shape index (κ2) is 6.08. The number of hydrogen-bond donors (Lipinski definition) is 2. The summed E-state index contributed by atoms with van der Waals surface area (Å²) in [6.45, 7) is 4.60. The van der Waals surface area contributed by atoms with Crippen LogP contribution in [0, 0.1) is 5.92 Å². The first-order valence-electron chi connectivity index (χ1n) is 5.64. The molecule has 1 rings (SSSR count). The molecular weight excluding hydrogens is 194 g/mol. The molecule has 1 fully saturated rings. The lowest BCUT2D eigenvalue weighted by molar-refractivity contribution is -0.127. The van der Waals surface area contributed by atoms with E-state index in [1.54, 1.807) is 0 Å². The molecule has 2 unspecified atom stereocenters. The number of aliphatic hydroxyl groups is 1. The van der Waals surface area contributed by atoms with Gasteiger partial charge in [-0.2, -0.15) is 0 Å². The largest absolute Gasteiger partial charge is 0.393 e. The monoisotopic (exact) mass is 215 g/mol. The zero-order chi connectivity index (χ0) is 11.3. The standard InChI is InChI=1S/C11H21NO3/c1-8(2)15-7-11(14)12-6-9-3-4-10(13)5-9/h8-10,13H,3-7H2,1-2H3,(H,12,14). The second-order valence-corrected chi connectivity index (χ2v) is 4.50. The molecule has 1 saturated carbocycles. The molecule has 0 heterocycles. The van der Waals surface area contributed by atoms with Gasteiger partial charge in [0.15, 0.2) is 0 Å². The fourth-order valence-electron chi connectivity index (χ4n) is 1.79. The minimum atomic E-state index is -0.168. The molecule has 15 heavy (non-hydrogen) atoms. The molecule has 0 aromatic heterocycles. The van der Waals surface area contributed by atoms with Gasteiger partial charge in [-0.05, 0) is 39.0 Å². The van der Waals surface area contributed by atoms with Crippen molar-refractivity contribution in [3.63, 3.8) is 0 Å². The molecule has 1 aliphatic rings. The third kappa shape index (κ3) is 5.14. The molecule has 1 amide bonds. The number of carbonyl (C=O) groups excluding carboxylic acids is 1. The van der Waals surface area contributed by atoms with Crippen LogP contribution >= 0.6 is 0 Å². The van der Waals surface area contributed by atoms with Crippen LogP contribution in [0.4, 0.5) is 0 Å². The molecule has 0 aliphatic heterocycles. The molecule has 88 valence electrons. The van der Waals surface area contributed by atoms with E-state index in [1.165, 1.54) is 0 Å². The molecule has 0 spiro atoms. The topological polar surface area (TPSA) is 58.6 Å². The van der Waals surface area contributed by atoms with E-state index >= 15 is 0 Å². The van der Waals surface area contributed by atoms with Crippen LogP contribution in [-0.2, 0) is 9.53 Å². The van der Waals surface area contributed by atoms with Crippen molar-refractivity contribution in [1.82, 2.24) is 5.32 Å². The number of carbonyl (C=O) groups is 1. The zero-order valence-electron chi connectivity index (χ0n) is 9.53. The minimum absolute atomic E-state index is 0.0647. The predicted octanol–water partition coefficient (Wildman–Crippen LogP) is 0.689. The van der Waals surface area contributed by atoms with Crippen LogP contribution in [0.15, 0.2) is 0 Å². The van der Waals surface area contributed by atoms with Crippen molar-refractivity contribution in [2.75, 3.05) is 13.2 Å². The molecule has 4 heteroatoms. The van der Waals surface area contributed by atoms with Gasteiger partial charge in [0.25, 0.3) is 0 Å². The lowest BCUT2D eigenvalue weighted by Gasteiger charge is -2.12. The number of amides is 1. The highest BCUT2D eigenvalue weighted by molar-refractivity contribution is 5.77. The SMILES string of the molecule is CC(C)OCC(=O)NCC1CCC(O)C1. The van der Waals surface area contributed by atoms with Crippen LogP contribution < -0.4 is 5.32 Å². The second-order valence-electron chi connectivity index (χ2n) is 4.50. The number of nitrogens with one attached hydrogen (secondary N) is 1. The Hall–Kier alpha value is -0.610. The van der Waals surface area contributed by atoms with E-state index in [-0.39, 0.29) is 24.7 Å². The summed E-state index contributed by atoms with van der Waals surface area (Å²) in [4.78, 5) is 11.3. The van der Waals surface area contributed by atoms with Gasteiger partial charge < -0.3 is 15.2 Å². The van der Waals surface area contributed by atoms with Crippen molar-refractivity contribution < 1.29 is 14.6 Å². The summed E-state index contributed by atoms with van der Waals surface area (Å²) in [6, 6.07) is 0. The van der Waals surface area contributed by atoms with Crippen LogP contribution in [-0.4, -0.2) is 36.4 Å². The normalized spacial score (nSPS) is 25.9. The Kier molecular flexibility index (Phi) is 5.05. The highest BCUT2D eigenvalue weighted by atomic mass is 16.5. The Balaban J connectivity index is 2.06. The van der Waals surface area contributed by atoms with E-state index in [9.17, 15) is 9.90 Å². The van der Waals surface area contributed by atoms with E-state index in [0.29, 0.717) is 12.5 Å². The first-order valence-corrected chi connectivity index (χ1v) is 5.64.